The van der Waals surface area contributed by atoms with Gasteiger partial charge in [0, 0.05) is 18.0 Å². The van der Waals surface area contributed by atoms with Crippen LogP contribution >= 0.6 is 0 Å². The molecular formula is C10H10F3NO3. The number of hydrogen-bond donors (Lipinski definition) is 1. The van der Waals surface area contributed by atoms with Crippen LogP contribution in [0.2, 0.25) is 0 Å². The summed E-state index contributed by atoms with van der Waals surface area (Å²) in [5.41, 5.74) is 4.07. The number of aliphatic carboxylic acids is 1. The van der Waals surface area contributed by atoms with Crippen molar-refractivity contribution in [2.75, 3.05) is 0 Å². The van der Waals surface area contributed by atoms with Crippen LogP contribution in [0.4, 0.5) is 13.2 Å². The van der Waals surface area contributed by atoms with Gasteiger partial charge in [0.05, 0.1) is 0 Å². The zero-order chi connectivity index (χ0) is 13.1. The van der Waals surface area contributed by atoms with E-state index in [0.717, 1.165) is 12.1 Å². The molecule has 0 fully saturated rings. The summed E-state index contributed by atoms with van der Waals surface area (Å²) < 4.78 is 39.2. The van der Waals surface area contributed by atoms with E-state index >= 15 is 0 Å². The second-order valence-corrected chi connectivity index (χ2v) is 3.39. The van der Waals surface area contributed by atoms with E-state index in [2.05, 4.69) is 10.5 Å². The van der Waals surface area contributed by atoms with Crippen molar-refractivity contribution in [2.45, 2.75) is 18.8 Å². The minimum absolute atomic E-state index is 0.292. The van der Waals surface area contributed by atoms with Crippen molar-refractivity contribution in [3.63, 3.8) is 0 Å². The number of carboxylic acids is 1. The molecule has 0 radical (unpaired) electrons. The molecule has 0 aliphatic rings. The van der Waals surface area contributed by atoms with Gasteiger partial charge >= 0.3 is 6.36 Å². The fourth-order valence-corrected chi connectivity index (χ4v) is 1.26. The fourth-order valence-electron chi connectivity index (χ4n) is 1.26. The average molecular weight is 249 g/mol. The average Bonchev–Trinajstić information content (AvgIpc) is 2.15. The molecule has 0 aliphatic heterocycles. The number of benzene rings is 1. The summed E-state index contributed by atoms with van der Waals surface area (Å²) in [4.78, 5) is 10.3. The van der Waals surface area contributed by atoms with Gasteiger partial charge in [-0.15, -0.1) is 13.2 Å². The largest absolute Gasteiger partial charge is 0.573 e. The molecule has 0 aliphatic carbocycles. The molecule has 3 N–H and O–H groups in total. The van der Waals surface area contributed by atoms with Crippen molar-refractivity contribution in [2.24, 2.45) is 0 Å². The van der Waals surface area contributed by atoms with Crippen LogP contribution in [-0.4, -0.2) is 12.3 Å². The third-order valence-electron chi connectivity index (χ3n) is 2.00. The molecule has 1 aromatic rings. The van der Waals surface area contributed by atoms with E-state index < -0.39 is 18.4 Å². The Bertz CT molecular complexity index is 389. The van der Waals surface area contributed by atoms with Gasteiger partial charge in [-0.05, 0) is 24.3 Å². The first-order valence-electron chi connectivity index (χ1n) is 4.66. The summed E-state index contributed by atoms with van der Waals surface area (Å²) >= 11 is 0. The molecule has 0 spiro atoms. The quantitative estimate of drug-likeness (QED) is 0.816. The standard InChI is InChI=1S/C10H10F3NO3/c11-10(12,13)17-7-3-1-6(2-4-7)8(14)5-9(15)16/h1-4,8H,5,14H2,(H,15,16)/t8-/m1/s1. The van der Waals surface area contributed by atoms with Crippen LogP contribution in [0.15, 0.2) is 24.3 Å². The van der Waals surface area contributed by atoms with E-state index in [1.54, 1.807) is 0 Å². The zero-order valence-corrected chi connectivity index (χ0v) is 8.66. The lowest BCUT2D eigenvalue weighted by molar-refractivity contribution is -0.430. The normalized spacial score (nSPS) is 13.2. The maximum absolute atomic E-state index is 11.9. The molecule has 1 rings (SSSR count). The second kappa shape index (κ2) is 5.05. The van der Waals surface area contributed by atoms with Crippen LogP contribution in [0, 0.1) is 0 Å². The van der Waals surface area contributed by atoms with Crippen LogP contribution in [0.3, 0.4) is 0 Å². The van der Waals surface area contributed by atoms with Crippen LogP contribution in [0.1, 0.15) is 18.0 Å². The number of halogens is 3. The molecule has 1 aromatic carbocycles. The lowest BCUT2D eigenvalue weighted by Crippen LogP contribution is -2.55. The highest BCUT2D eigenvalue weighted by Crippen LogP contribution is 2.24. The first-order valence-corrected chi connectivity index (χ1v) is 4.66. The van der Waals surface area contributed by atoms with Crippen molar-refractivity contribution < 1.29 is 33.5 Å². The molecule has 0 saturated heterocycles. The Kier molecular flexibility index (Phi) is 3.95. The SMILES string of the molecule is [NH3+][C@H](CC(=O)[O-])c1ccc(OC(F)(F)F)cc1. The summed E-state index contributed by atoms with van der Waals surface area (Å²) in [6.07, 6.45) is -5.03. The molecule has 17 heavy (non-hydrogen) atoms. The number of hydrogen-bond acceptors (Lipinski definition) is 3. The van der Waals surface area contributed by atoms with E-state index in [4.69, 9.17) is 0 Å². The highest BCUT2D eigenvalue weighted by molar-refractivity contribution is 5.65. The predicted molar refractivity (Wildman–Crippen MR) is 48.4 cm³/mol. The fraction of sp³-hybridized carbons (Fsp3) is 0.300. The highest BCUT2D eigenvalue weighted by Gasteiger charge is 2.31. The smallest absolute Gasteiger partial charge is 0.550 e. The van der Waals surface area contributed by atoms with Crippen LogP contribution in [0.5, 0.6) is 5.75 Å². The van der Waals surface area contributed by atoms with E-state index in [9.17, 15) is 23.1 Å². The molecule has 0 unspecified atom stereocenters. The van der Waals surface area contributed by atoms with Crippen LogP contribution < -0.4 is 15.6 Å². The number of quaternary nitrogens is 1. The first-order chi connectivity index (χ1) is 7.78. The molecule has 0 bridgehead atoms. The van der Waals surface area contributed by atoms with E-state index in [-0.39, 0.29) is 12.2 Å². The second-order valence-electron chi connectivity index (χ2n) is 3.39. The molecule has 7 heteroatoms. The Balaban J connectivity index is 2.71. The van der Waals surface area contributed by atoms with Gasteiger partial charge < -0.3 is 20.4 Å². The number of carboxylic acid groups (broad SMARTS) is 1. The molecule has 0 amide bonds. The molecule has 4 nitrogen and oxygen atoms in total. The number of ether oxygens (including phenoxy) is 1. The van der Waals surface area contributed by atoms with Gasteiger partial charge in [0.2, 0.25) is 0 Å². The van der Waals surface area contributed by atoms with Gasteiger partial charge in [0.1, 0.15) is 11.8 Å². The maximum atomic E-state index is 11.9. The summed E-state index contributed by atoms with van der Waals surface area (Å²) in [6, 6.07) is 4.32. The molecule has 94 valence electrons. The summed E-state index contributed by atoms with van der Waals surface area (Å²) in [6.45, 7) is 0. The van der Waals surface area contributed by atoms with Gasteiger partial charge in [-0.25, -0.2) is 0 Å². The van der Waals surface area contributed by atoms with Gasteiger partial charge in [-0.2, -0.15) is 0 Å². The Morgan fingerprint density at radius 2 is 1.88 bits per heavy atom. The van der Waals surface area contributed by atoms with Crippen molar-refractivity contribution in [3.8, 4) is 5.75 Å². The molecule has 1 atom stereocenters. The lowest BCUT2D eigenvalue weighted by Gasteiger charge is -2.11. The summed E-state index contributed by atoms with van der Waals surface area (Å²) in [7, 11) is 0. The minimum atomic E-state index is -4.74. The Morgan fingerprint density at radius 1 is 1.35 bits per heavy atom. The number of alkyl halides is 3. The Morgan fingerprint density at radius 3 is 2.29 bits per heavy atom. The third-order valence-corrected chi connectivity index (χ3v) is 2.00. The Labute approximate surface area is 94.8 Å². The number of rotatable bonds is 4. The number of carbonyl (C=O) groups excluding carboxylic acids is 1. The maximum Gasteiger partial charge on any atom is 0.573 e. The summed E-state index contributed by atoms with van der Waals surface area (Å²) in [5.74, 6) is -1.62. The first kappa shape index (κ1) is 13.3. The monoisotopic (exact) mass is 249 g/mol. The topological polar surface area (TPSA) is 77.0 Å². The molecule has 0 saturated carbocycles. The zero-order valence-electron chi connectivity index (χ0n) is 8.66. The molecular weight excluding hydrogens is 239 g/mol. The third kappa shape index (κ3) is 4.73. The van der Waals surface area contributed by atoms with Crippen molar-refractivity contribution >= 4 is 5.97 Å². The number of carbonyl (C=O) groups is 1. The van der Waals surface area contributed by atoms with E-state index in [1.165, 1.54) is 12.1 Å². The minimum Gasteiger partial charge on any atom is -0.550 e. The Hall–Kier alpha value is -1.76. The van der Waals surface area contributed by atoms with Gasteiger partial charge in [-0.1, -0.05) is 0 Å². The van der Waals surface area contributed by atoms with Gasteiger partial charge in [0.25, 0.3) is 0 Å². The lowest BCUT2D eigenvalue weighted by atomic mass is 10.1. The van der Waals surface area contributed by atoms with Crippen molar-refractivity contribution in [3.05, 3.63) is 29.8 Å². The highest BCUT2D eigenvalue weighted by atomic mass is 19.4. The van der Waals surface area contributed by atoms with E-state index in [0.29, 0.717) is 5.56 Å². The summed E-state index contributed by atoms with van der Waals surface area (Å²) in [5, 5.41) is 10.3. The molecule has 0 heterocycles. The van der Waals surface area contributed by atoms with Crippen molar-refractivity contribution in [1.82, 2.24) is 0 Å². The predicted octanol–water partition coefficient (Wildman–Crippen LogP) is 0.00820. The molecule has 0 aromatic heterocycles. The van der Waals surface area contributed by atoms with Crippen molar-refractivity contribution in [1.29, 1.82) is 0 Å². The van der Waals surface area contributed by atoms with Crippen LogP contribution in [0.25, 0.3) is 0 Å². The van der Waals surface area contributed by atoms with Gasteiger partial charge in [0.15, 0.2) is 0 Å². The van der Waals surface area contributed by atoms with Gasteiger partial charge in [-0.3, -0.25) is 0 Å². The van der Waals surface area contributed by atoms with Crippen LogP contribution in [-0.2, 0) is 4.79 Å². The van der Waals surface area contributed by atoms with E-state index in [1.807, 2.05) is 0 Å².